The zero-order valence-corrected chi connectivity index (χ0v) is 37.3. The fourth-order valence-electron chi connectivity index (χ4n) is 10.7. The van der Waals surface area contributed by atoms with Crippen molar-refractivity contribution >= 4 is 43.1 Å². The molecule has 0 spiro atoms. The van der Waals surface area contributed by atoms with E-state index in [1.54, 1.807) is 0 Å². The van der Waals surface area contributed by atoms with Crippen molar-refractivity contribution in [2.45, 2.75) is 0 Å². The van der Waals surface area contributed by atoms with Gasteiger partial charge in [0.25, 0.3) is 0 Å². The van der Waals surface area contributed by atoms with Gasteiger partial charge in [-0.25, -0.2) is 0 Å². The topological polar surface area (TPSA) is 9.86 Å². The van der Waals surface area contributed by atoms with Crippen molar-refractivity contribution in [1.82, 2.24) is 9.13 Å². The predicted molar refractivity (Wildman–Crippen MR) is 288 cm³/mol. The molecule has 0 atom stereocenters. The summed E-state index contributed by atoms with van der Waals surface area (Å²) in [4.78, 5) is 0. The summed E-state index contributed by atoms with van der Waals surface area (Å²) in [7, 11) is 0. The molecule has 0 radical (unpaired) electrons. The van der Waals surface area contributed by atoms with Crippen LogP contribution in [0.25, 0.3) is 122 Å². The molecule has 0 aliphatic heterocycles. The van der Waals surface area contributed by atoms with Crippen LogP contribution in [0.4, 0.5) is 0 Å². The van der Waals surface area contributed by atoms with Crippen LogP contribution in [0.1, 0.15) is 0 Å². The Hall–Kier alpha value is -8.98. The number of aromatic nitrogens is 2. The minimum absolute atomic E-state index is 1.11. The van der Waals surface area contributed by atoms with Crippen LogP contribution in [0.15, 0.2) is 267 Å². The molecular formula is C66H44N2. The highest BCUT2D eigenvalue weighted by Crippen LogP contribution is 2.49. The number of hydrogen-bond donors (Lipinski definition) is 0. The average Bonchev–Trinajstić information content (AvgIpc) is 4.07. The molecule has 0 aliphatic carbocycles. The largest absolute Gasteiger partial charge is 0.309 e. The molecule has 0 amide bonds. The fourth-order valence-corrected chi connectivity index (χ4v) is 10.7. The maximum atomic E-state index is 2.46. The van der Waals surface area contributed by atoms with E-state index >= 15 is 0 Å². The van der Waals surface area contributed by atoms with Gasteiger partial charge in [0.15, 0.2) is 0 Å². The third-order valence-electron chi connectivity index (χ3n) is 13.8. The Kier molecular flexibility index (Phi) is 9.54. The van der Waals surface area contributed by atoms with Crippen LogP contribution in [-0.2, 0) is 0 Å². The number of hydrogen-bond acceptors (Lipinski definition) is 0. The zero-order chi connectivity index (χ0) is 45.0. The fraction of sp³-hybridized carbons (Fsp3) is 0. The van der Waals surface area contributed by atoms with E-state index in [-0.39, 0.29) is 0 Å². The van der Waals surface area contributed by atoms with E-state index in [0.717, 1.165) is 34.2 Å². The standard InChI is InChI=1S/C66H44N2/c1-5-21-47(22-6-1)61-39-40-62(48-23-7-2-8-24-48)67(61)51-35-37-57-59(43-51)65(55-33-17-29-45-19-13-15-31-53(45)55)58-38-36-52(44-60(58)66(57)56-34-18-30-46-20-14-16-32-54(46)56)68-63(49-25-9-3-10-26-49)41-42-64(68)50-27-11-4-12-28-50/h1-44H. The van der Waals surface area contributed by atoms with Gasteiger partial charge in [0.05, 0.1) is 22.8 Å². The van der Waals surface area contributed by atoms with Gasteiger partial charge < -0.3 is 9.13 Å². The van der Waals surface area contributed by atoms with Crippen LogP contribution in [0, 0.1) is 0 Å². The molecule has 2 nitrogen and oxygen atoms in total. The molecule has 13 rings (SSSR count). The molecule has 11 aromatic carbocycles. The first-order valence-electron chi connectivity index (χ1n) is 23.4. The molecule has 0 bridgehead atoms. The van der Waals surface area contributed by atoms with Crippen molar-refractivity contribution in [2.24, 2.45) is 0 Å². The van der Waals surface area contributed by atoms with Crippen molar-refractivity contribution in [3.8, 4) is 78.7 Å². The second kappa shape index (κ2) is 16.5. The normalized spacial score (nSPS) is 11.5. The van der Waals surface area contributed by atoms with Crippen LogP contribution in [-0.4, -0.2) is 9.13 Å². The van der Waals surface area contributed by atoms with Crippen LogP contribution >= 0.6 is 0 Å². The maximum absolute atomic E-state index is 2.46. The summed E-state index contributed by atoms with van der Waals surface area (Å²) in [5, 5.41) is 9.68. The van der Waals surface area contributed by atoms with Gasteiger partial charge in [0.2, 0.25) is 0 Å². The van der Waals surface area contributed by atoms with E-state index in [1.807, 2.05) is 0 Å². The summed E-state index contributed by atoms with van der Waals surface area (Å²) < 4.78 is 4.90. The zero-order valence-electron chi connectivity index (χ0n) is 37.3. The first-order valence-corrected chi connectivity index (χ1v) is 23.4. The lowest BCUT2D eigenvalue weighted by atomic mass is 9.83. The highest BCUT2D eigenvalue weighted by atomic mass is 15.0. The van der Waals surface area contributed by atoms with Crippen LogP contribution in [0.5, 0.6) is 0 Å². The van der Waals surface area contributed by atoms with Crippen LogP contribution in [0.2, 0.25) is 0 Å². The number of rotatable bonds is 8. The third kappa shape index (κ3) is 6.57. The van der Waals surface area contributed by atoms with Gasteiger partial charge in [-0.15, -0.1) is 0 Å². The molecular weight excluding hydrogens is 821 g/mol. The molecule has 0 saturated carbocycles. The lowest BCUT2D eigenvalue weighted by Crippen LogP contribution is -2.02. The molecule has 0 N–H and O–H groups in total. The van der Waals surface area contributed by atoms with Crippen LogP contribution < -0.4 is 0 Å². The molecule has 68 heavy (non-hydrogen) atoms. The summed E-state index contributed by atoms with van der Waals surface area (Å²) >= 11 is 0. The summed E-state index contributed by atoms with van der Waals surface area (Å²) in [6.45, 7) is 0. The van der Waals surface area contributed by atoms with Gasteiger partial charge in [0, 0.05) is 11.4 Å². The lowest BCUT2D eigenvalue weighted by Gasteiger charge is -2.23. The molecule has 318 valence electrons. The van der Waals surface area contributed by atoms with E-state index in [1.165, 1.54) is 87.6 Å². The molecule has 0 unspecified atom stereocenters. The molecule has 2 aromatic heterocycles. The number of fused-ring (bicyclic) bond motifs is 4. The first-order chi connectivity index (χ1) is 33.8. The Morgan fingerprint density at radius 2 is 0.515 bits per heavy atom. The minimum atomic E-state index is 1.11. The lowest BCUT2D eigenvalue weighted by molar-refractivity contribution is 1.10. The molecule has 2 heteroatoms. The van der Waals surface area contributed by atoms with Crippen molar-refractivity contribution < 1.29 is 0 Å². The van der Waals surface area contributed by atoms with E-state index in [0.29, 0.717) is 0 Å². The van der Waals surface area contributed by atoms with Crippen molar-refractivity contribution in [2.75, 3.05) is 0 Å². The summed E-state index contributed by atoms with van der Waals surface area (Å²) in [5.41, 5.74) is 16.3. The highest BCUT2D eigenvalue weighted by Gasteiger charge is 2.23. The van der Waals surface area contributed by atoms with Crippen molar-refractivity contribution in [3.63, 3.8) is 0 Å². The average molecular weight is 865 g/mol. The monoisotopic (exact) mass is 864 g/mol. The summed E-state index contributed by atoms with van der Waals surface area (Å²) in [6, 6.07) is 97.8. The van der Waals surface area contributed by atoms with Gasteiger partial charge in [-0.05, 0) is 136 Å². The molecule has 0 fully saturated rings. The number of benzene rings is 11. The second-order valence-electron chi connectivity index (χ2n) is 17.6. The Labute approximate surface area is 395 Å². The Morgan fingerprint density at radius 3 is 0.868 bits per heavy atom. The Morgan fingerprint density at radius 1 is 0.206 bits per heavy atom. The third-order valence-corrected chi connectivity index (χ3v) is 13.8. The smallest absolute Gasteiger partial charge is 0.0535 e. The molecule has 0 saturated heterocycles. The van der Waals surface area contributed by atoms with Gasteiger partial charge in [0.1, 0.15) is 0 Å². The first kappa shape index (κ1) is 39.4. The van der Waals surface area contributed by atoms with Crippen LogP contribution in [0.3, 0.4) is 0 Å². The Balaban J connectivity index is 1.19. The van der Waals surface area contributed by atoms with E-state index in [4.69, 9.17) is 0 Å². The SMILES string of the molecule is c1ccc(-c2ccc(-c3ccccc3)n2-c2ccc3c(-c4cccc5ccccc45)c4cc(-n5c(-c6ccccc6)ccc5-c5ccccc5)ccc4c(-c4cccc5ccccc45)c3c2)cc1. The van der Waals surface area contributed by atoms with Gasteiger partial charge in [-0.1, -0.05) is 218 Å². The van der Waals surface area contributed by atoms with Crippen molar-refractivity contribution in [1.29, 1.82) is 0 Å². The maximum Gasteiger partial charge on any atom is 0.0535 e. The second-order valence-corrected chi connectivity index (χ2v) is 17.6. The summed E-state index contributed by atoms with van der Waals surface area (Å²) in [5.74, 6) is 0. The van der Waals surface area contributed by atoms with Gasteiger partial charge in [-0.3, -0.25) is 0 Å². The molecule has 0 aliphatic rings. The quantitative estimate of drug-likeness (QED) is 0.135. The van der Waals surface area contributed by atoms with E-state index in [9.17, 15) is 0 Å². The van der Waals surface area contributed by atoms with Gasteiger partial charge in [-0.2, -0.15) is 0 Å². The number of nitrogens with zero attached hydrogens (tertiary/aromatic N) is 2. The van der Waals surface area contributed by atoms with E-state index in [2.05, 4.69) is 276 Å². The highest BCUT2D eigenvalue weighted by molar-refractivity contribution is 6.26. The molecule has 13 aromatic rings. The van der Waals surface area contributed by atoms with Crippen molar-refractivity contribution in [3.05, 3.63) is 267 Å². The predicted octanol–water partition coefficient (Wildman–Crippen LogP) is 17.9. The summed E-state index contributed by atoms with van der Waals surface area (Å²) in [6.07, 6.45) is 0. The minimum Gasteiger partial charge on any atom is -0.309 e. The molecule has 2 heterocycles. The van der Waals surface area contributed by atoms with Gasteiger partial charge >= 0.3 is 0 Å². The Bertz CT molecular complexity index is 3600. The van der Waals surface area contributed by atoms with E-state index < -0.39 is 0 Å².